The van der Waals surface area contributed by atoms with E-state index < -0.39 is 15.6 Å². The molecular formula is C10H18N4O3S. The Bertz CT molecular complexity index is 527. The molecule has 18 heavy (non-hydrogen) atoms. The van der Waals surface area contributed by atoms with Gasteiger partial charge in [-0.2, -0.15) is 5.10 Å². The Kier molecular flexibility index (Phi) is 3.45. The molecule has 2 rings (SSSR count). The van der Waals surface area contributed by atoms with Crippen molar-refractivity contribution in [2.45, 2.75) is 43.5 Å². The van der Waals surface area contributed by atoms with Crippen LogP contribution in [-0.2, 0) is 21.3 Å². The van der Waals surface area contributed by atoms with E-state index in [1.54, 1.807) is 0 Å². The number of hydrogen-bond donors (Lipinski definition) is 3. The summed E-state index contributed by atoms with van der Waals surface area (Å²) in [5.41, 5.74) is 5.35. The normalized spacial score (nSPS) is 28.7. The van der Waals surface area contributed by atoms with E-state index in [0.29, 0.717) is 18.6 Å². The minimum absolute atomic E-state index is 0.0327. The number of hydrogen-bond acceptors (Lipinski definition) is 5. The van der Waals surface area contributed by atoms with Crippen molar-refractivity contribution in [2.75, 3.05) is 6.61 Å². The van der Waals surface area contributed by atoms with E-state index in [1.807, 2.05) is 13.8 Å². The molecule has 4 N–H and O–H groups in total. The van der Waals surface area contributed by atoms with Crippen LogP contribution in [0.3, 0.4) is 0 Å². The predicted octanol–water partition coefficient (Wildman–Crippen LogP) is -0.286. The van der Waals surface area contributed by atoms with Crippen molar-refractivity contribution >= 4 is 10.0 Å². The topological polar surface area (TPSA) is 110 Å². The predicted molar refractivity (Wildman–Crippen MR) is 65.2 cm³/mol. The van der Waals surface area contributed by atoms with Gasteiger partial charge in [-0.25, -0.2) is 13.1 Å². The first-order valence-electron chi connectivity index (χ1n) is 5.77. The van der Waals surface area contributed by atoms with E-state index in [4.69, 9.17) is 10.5 Å². The van der Waals surface area contributed by atoms with E-state index in [1.165, 1.54) is 6.20 Å². The molecule has 2 heterocycles. The number of H-pyrrole nitrogens is 1. The van der Waals surface area contributed by atoms with Gasteiger partial charge in [-0.05, 0) is 20.3 Å². The zero-order chi connectivity index (χ0) is 13.4. The van der Waals surface area contributed by atoms with Gasteiger partial charge in [-0.3, -0.25) is 5.10 Å². The van der Waals surface area contributed by atoms with Crippen LogP contribution in [0.5, 0.6) is 0 Å². The number of aromatic amines is 1. The fraction of sp³-hybridized carbons (Fsp3) is 0.700. The van der Waals surface area contributed by atoms with Crippen molar-refractivity contribution in [3.8, 4) is 0 Å². The number of nitrogens with zero attached hydrogens (tertiary/aromatic N) is 1. The van der Waals surface area contributed by atoms with Crippen molar-refractivity contribution < 1.29 is 13.2 Å². The van der Waals surface area contributed by atoms with Gasteiger partial charge < -0.3 is 10.5 Å². The lowest BCUT2D eigenvalue weighted by Gasteiger charge is -2.28. The molecule has 0 spiro atoms. The summed E-state index contributed by atoms with van der Waals surface area (Å²) in [5.74, 6) is 0. The molecule has 2 atom stereocenters. The quantitative estimate of drug-likeness (QED) is 0.699. The first kappa shape index (κ1) is 13.5. The van der Waals surface area contributed by atoms with Crippen LogP contribution >= 0.6 is 0 Å². The summed E-state index contributed by atoms with van der Waals surface area (Å²) in [6.45, 7) is 4.36. The highest BCUT2D eigenvalue weighted by Crippen LogP contribution is 2.27. The van der Waals surface area contributed by atoms with Crippen LogP contribution in [-0.4, -0.2) is 36.9 Å². The van der Waals surface area contributed by atoms with E-state index in [0.717, 1.165) is 0 Å². The molecule has 1 aromatic heterocycles. The van der Waals surface area contributed by atoms with Gasteiger partial charge in [0.2, 0.25) is 0 Å². The van der Waals surface area contributed by atoms with E-state index in [-0.39, 0.29) is 17.7 Å². The van der Waals surface area contributed by atoms with Gasteiger partial charge in [0.1, 0.15) is 0 Å². The number of nitrogens with two attached hydrogens (primary N) is 1. The molecule has 0 aliphatic carbocycles. The molecule has 7 nitrogen and oxygen atoms in total. The second kappa shape index (κ2) is 4.61. The Morgan fingerprint density at radius 3 is 3.00 bits per heavy atom. The molecule has 0 radical (unpaired) electrons. The Balaban J connectivity index is 2.28. The summed E-state index contributed by atoms with van der Waals surface area (Å²) in [5, 5.41) is 6.23. The third-order valence-corrected chi connectivity index (χ3v) is 5.05. The second-order valence-corrected chi connectivity index (χ2v) is 6.33. The van der Waals surface area contributed by atoms with E-state index in [2.05, 4.69) is 14.9 Å². The van der Waals surface area contributed by atoms with Crippen LogP contribution in [0.15, 0.2) is 11.2 Å². The third kappa shape index (κ3) is 2.28. The summed E-state index contributed by atoms with van der Waals surface area (Å²) in [7, 11) is -3.66. The molecule has 1 aliphatic rings. The maximum Gasteiger partial charge on any atom is 0.258 e. The maximum atomic E-state index is 12.3. The number of sulfonamides is 1. The number of ether oxygens (including phenoxy) is 1. The zero-order valence-corrected chi connectivity index (χ0v) is 11.3. The average Bonchev–Trinajstić information content (AvgIpc) is 2.86. The lowest BCUT2D eigenvalue weighted by Crippen LogP contribution is -2.50. The molecular weight excluding hydrogens is 256 g/mol. The van der Waals surface area contributed by atoms with Crippen LogP contribution in [0.1, 0.15) is 25.8 Å². The van der Waals surface area contributed by atoms with Crippen LogP contribution in [0.2, 0.25) is 0 Å². The maximum absolute atomic E-state index is 12.3. The molecule has 1 aliphatic heterocycles. The Hall–Kier alpha value is -0.960. The fourth-order valence-corrected chi connectivity index (χ4v) is 3.64. The first-order chi connectivity index (χ1) is 8.39. The molecule has 0 amide bonds. The van der Waals surface area contributed by atoms with Gasteiger partial charge in [0, 0.05) is 18.7 Å². The lowest BCUT2D eigenvalue weighted by molar-refractivity contribution is 0.0957. The molecule has 0 bridgehead atoms. The first-order valence-corrected chi connectivity index (χ1v) is 7.25. The Morgan fingerprint density at radius 1 is 1.72 bits per heavy atom. The number of nitrogens with one attached hydrogen (secondary N) is 2. The molecule has 1 fully saturated rings. The highest BCUT2D eigenvalue weighted by Gasteiger charge is 2.41. The van der Waals surface area contributed by atoms with Crippen molar-refractivity contribution in [1.29, 1.82) is 0 Å². The molecule has 0 saturated carbocycles. The highest BCUT2D eigenvalue weighted by atomic mass is 32.2. The van der Waals surface area contributed by atoms with E-state index >= 15 is 0 Å². The largest absolute Gasteiger partial charge is 0.376 e. The van der Waals surface area contributed by atoms with Crippen molar-refractivity contribution in [3.63, 3.8) is 0 Å². The van der Waals surface area contributed by atoms with Gasteiger partial charge in [-0.15, -0.1) is 0 Å². The molecule has 0 aromatic carbocycles. The smallest absolute Gasteiger partial charge is 0.258 e. The van der Waals surface area contributed by atoms with Gasteiger partial charge in [0.05, 0.1) is 17.8 Å². The average molecular weight is 274 g/mol. The van der Waals surface area contributed by atoms with Crippen LogP contribution < -0.4 is 10.5 Å². The fourth-order valence-electron chi connectivity index (χ4n) is 2.00. The van der Waals surface area contributed by atoms with E-state index in [9.17, 15) is 8.42 Å². The summed E-state index contributed by atoms with van der Waals surface area (Å²) in [6.07, 6.45) is 1.89. The number of rotatable bonds is 4. The summed E-state index contributed by atoms with van der Waals surface area (Å²) >= 11 is 0. The van der Waals surface area contributed by atoms with Crippen LogP contribution in [0, 0.1) is 0 Å². The van der Waals surface area contributed by atoms with Crippen molar-refractivity contribution in [3.05, 3.63) is 11.8 Å². The minimum atomic E-state index is -3.66. The minimum Gasteiger partial charge on any atom is -0.376 e. The highest BCUT2D eigenvalue weighted by molar-refractivity contribution is 7.89. The standard InChI is InChI=1S/C10H18N4O3S/c1-7-10(2,3-4-17-7)14-18(15,16)9-8(5-11)6-12-13-9/h6-7,14H,3-5,11H2,1-2H3,(H,12,13). The Morgan fingerprint density at radius 2 is 2.44 bits per heavy atom. The molecule has 1 saturated heterocycles. The Labute approximate surface area is 106 Å². The second-order valence-electron chi connectivity index (χ2n) is 4.71. The molecule has 102 valence electrons. The SMILES string of the molecule is CC1OCCC1(C)NS(=O)(=O)c1[nH]ncc1CN. The summed E-state index contributed by atoms with van der Waals surface area (Å²) in [6, 6.07) is 0. The molecule has 1 aromatic rings. The van der Waals surface area contributed by atoms with Crippen molar-refractivity contribution in [2.24, 2.45) is 5.73 Å². The summed E-state index contributed by atoms with van der Waals surface area (Å²) in [4.78, 5) is 0. The monoisotopic (exact) mass is 274 g/mol. The zero-order valence-electron chi connectivity index (χ0n) is 10.4. The lowest BCUT2D eigenvalue weighted by atomic mass is 9.97. The van der Waals surface area contributed by atoms with Gasteiger partial charge in [-0.1, -0.05) is 0 Å². The van der Waals surface area contributed by atoms with Gasteiger partial charge >= 0.3 is 0 Å². The van der Waals surface area contributed by atoms with Crippen LogP contribution in [0.25, 0.3) is 0 Å². The van der Waals surface area contributed by atoms with Gasteiger partial charge in [0.25, 0.3) is 10.0 Å². The van der Waals surface area contributed by atoms with Gasteiger partial charge in [0.15, 0.2) is 5.03 Å². The third-order valence-electron chi connectivity index (χ3n) is 3.42. The molecule has 2 unspecified atom stereocenters. The number of aromatic nitrogens is 2. The van der Waals surface area contributed by atoms with Crippen LogP contribution in [0.4, 0.5) is 0 Å². The van der Waals surface area contributed by atoms with Crippen molar-refractivity contribution in [1.82, 2.24) is 14.9 Å². The molecule has 8 heteroatoms. The summed E-state index contributed by atoms with van der Waals surface area (Å²) < 4.78 is 32.7.